The molecule has 0 aromatic heterocycles. The number of hydrogen-bond acceptors (Lipinski definition) is 4. The maximum absolute atomic E-state index is 4.98. The van der Waals surface area contributed by atoms with Gasteiger partial charge in [-0.2, -0.15) is 5.48 Å². The molecule has 14 heavy (non-hydrogen) atoms. The fourth-order valence-corrected chi connectivity index (χ4v) is 6.03. The normalized spacial score (nSPS) is 62.1. The van der Waals surface area contributed by atoms with Gasteiger partial charge in [-0.25, -0.2) is 0 Å². The molecule has 0 radical (unpaired) electrons. The van der Waals surface area contributed by atoms with Crippen molar-refractivity contribution in [3.8, 4) is 0 Å². The highest BCUT2D eigenvalue weighted by Crippen LogP contribution is 2.96. The van der Waals surface area contributed by atoms with Crippen molar-refractivity contribution in [1.82, 2.24) is 5.48 Å². The van der Waals surface area contributed by atoms with Gasteiger partial charge in [0.15, 0.2) is 0 Å². The van der Waals surface area contributed by atoms with Crippen LogP contribution in [0.4, 0.5) is 0 Å². The molecule has 1 N–H and O–H groups in total. The number of rotatable bonds is 0. The SMILES string of the molecule is CC1(C)C2CCC34CSOONC3C214. The second-order valence-electron chi connectivity index (χ2n) is 5.80. The van der Waals surface area contributed by atoms with Crippen LogP contribution in [0, 0.1) is 22.2 Å². The highest BCUT2D eigenvalue weighted by Gasteiger charge is 2.97. The van der Waals surface area contributed by atoms with Crippen LogP contribution in [-0.4, -0.2) is 11.8 Å². The van der Waals surface area contributed by atoms with Crippen LogP contribution in [0.15, 0.2) is 0 Å². The Morgan fingerprint density at radius 3 is 3.07 bits per heavy atom. The first-order valence-corrected chi connectivity index (χ1v) is 6.30. The van der Waals surface area contributed by atoms with E-state index in [1.54, 1.807) is 0 Å². The van der Waals surface area contributed by atoms with E-state index >= 15 is 0 Å². The maximum Gasteiger partial charge on any atom is 0.0494 e. The van der Waals surface area contributed by atoms with E-state index in [9.17, 15) is 0 Å². The highest BCUT2D eigenvalue weighted by atomic mass is 32.2. The van der Waals surface area contributed by atoms with Crippen LogP contribution in [0.25, 0.3) is 0 Å². The molecule has 3 aliphatic carbocycles. The first-order valence-electron chi connectivity index (χ1n) is 5.38. The summed E-state index contributed by atoms with van der Waals surface area (Å²) in [4.78, 5) is 4.98. The van der Waals surface area contributed by atoms with Crippen LogP contribution in [0.2, 0.25) is 0 Å². The summed E-state index contributed by atoms with van der Waals surface area (Å²) in [5.41, 5.74) is 4.68. The van der Waals surface area contributed by atoms with E-state index < -0.39 is 0 Å². The van der Waals surface area contributed by atoms with E-state index in [4.69, 9.17) is 9.32 Å². The van der Waals surface area contributed by atoms with E-state index in [2.05, 4.69) is 19.3 Å². The summed E-state index contributed by atoms with van der Waals surface area (Å²) in [5.74, 6) is 2.03. The summed E-state index contributed by atoms with van der Waals surface area (Å²) in [6, 6.07) is 0.554. The lowest BCUT2D eigenvalue weighted by Gasteiger charge is -2.14. The van der Waals surface area contributed by atoms with Crippen molar-refractivity contribution in [1.29, 1.82) is 0 Å². The second-order valence-corrected chi connectivity index (χ2v) is 6.46. The summed E-state index contributed by atoms with van der Waals surface area (Å²) < 4.78 is 4.94. The minimum atomic E-state index is 0.488. The molecule has 3 saturated carbocycles. The summed E-state index contributed by atoms with van der Waals surface area (Å²) in [6.45, 7) is 4.83. The van der Waals surface area contributed by atoms with Gasteiger partial charge in [-0.15, -0.1) is 9.32 Å². The average molecular weight is 213 g/mol. The third-order valence-electron chi connectivity index (χ3n) is 5.60. The highest BCUT2D eigenvalue weighted by molar-refractivity contribution is 7.94. The van der Waals surface area contributed by atoms with Crippen LogP contribution in [0.1, 0.15) is 26.7 Å². The molecular formula is C10H15NO2S. The fourth-order valence-electron chi connectivity index (χ4n) is 5.13. The molecule has 4 rings (SSSR count). The monoisotopic (exact) mass is 213 g/mol. The van der Waals surface area contributed by atoms with Gasteiger partial charge in [0, 0.05) is 34.7 Å². The summed E-state index contributed by atoms with van der Waals surface area (Å²) >= 11 is 1.47. The Morgan fingerprint density at radius 1 is 1.43 bits per heavy atom. The molecule has 2 spiro atoms. The average Bonchev–Trinajstić information content (AvgIpc) is 2.82. The second kappa shape index (κ2) is 2.03. The molecule has 4 atom stereocenters. The van der Waals surface area contributed by atoms with Crippen molar-refractivity contribution < 1.29 is 9.32 Å². The smallest absolute Gasteiger partial charge is 0.0494 e. The summed E-state index contributed by atoms with van der Waals surface area (Å²) in [5, 5.41) is 0. The van der Waals surface area contributed by atoms with Gasteiger partial charge in [-0.05, 0) is 24.2 Å². The molecule has 0 aromatic carbocycles. The van der Waals surface area contributed by atoms with Gasteiger partial charge in [0.05, 0.1) is 0 Å². The molecule has 78 valence electrons. The Hall–Kier alpha value is 0.230. The molecule has 3 nitrogen and oxygen atoms in total. The third-order valence-corrected chi connectivity index (χ3v) is 6.39. The maximum atomic E-state index is 4.98. The zero-order valence-corrected chi connectivity index (χ0v) is 9.32. The molecule has 1 saturated heterocycles. The van der Waals surface area contributed by atoms with Gasteiger partial charge in [0.1, 0.15) is 0 Å². The standard InChI is InChI=1S/C10H15NO2S/c1-8(2)6-3-4-9-5-14-13-12-11-7(9)10(6,8)9/h6-7,11H,3-5H2,1-2H3. The molecule has 4 aliphatic rings. The lowest BCUT2D eigenvalue weighted by Crippen LogP contribution is -2.22. The zero-order valence-electron chi connectivity index (χ0n) is 8.50. The summed E-state index contributed by atoms with van der Waals surface area (Å²) in [7, 11) is 0. The molecule has 1 aliphatic heterocycles. The molecule has 0 bridgehead atoms. The number of nitrogens with one attached hydrogen (secondary N) is 1. The topological polar surface area (TPSA) is 30.5 Å². The Labute approximate surface area is 88.0 Å². The predicted molar refractivity (Wildman–Crippen MR) is 52.9 cm³/mol. The molecule has 0 amide bonds. The van der Waals surface area contributed by atoms with Crippen molar-refractivity contribution in [3.63, 3.8) is 0 Å². The third kappa shape index (κ3) is 0.544. The van der Waals surface area contributed by atoms with Crippen molar-refractivity contribution in [2.45, 2.75) is 32.7 Å². The molecule has 4 fully saturated rings. The van der Waals surface area contributed by atoms with Crippen molar-refractivity contribution in [2.75, 3.05) is 5.75 Å². The van der Waals surface area contributed by atoms with Gasteiger partial charge in [-0.1, -0.05) is 13.8 Å². The van der Waals surface area contributed by atoms with E-state index in [1.165, 1.54) is 24.9 Å². The number of hydroxylamine groups is 1. The van der Waals surface area contributed by atoms with Crippen LogP contribution in [-0.2, 0) is 9.32 Å². The van der Waals surface area contributed by atoms with Crippen LogP contribution < -0.4 is 5.48 Å². The Morgan fingerprint density at radius 2 is 2.29 bits per heavy atom. The molecular weight excluding hydrogens is 198 g/mol. The summed E-state index contributed by atoms with van der Waals surface area (Å²) in [6.07, 6.45) is 2.77. The lowest BCUT2D eigenvalue weighted by atomic mass is 9.93. The quantitative estimate of drug-likeness (QED) is 0.492. The molecule has 1 heterocycles. The van der Waals surface area contributed by atoms with Crippen molar-refractivity contribution >= 4 is 12.0 Å². The Kier molecular flexibility index (Phi) is 1.22. The van der Waals surface area contributed by atoms with Gasteiger partial charge in [0.2, 0.25) is 0 Å². The molecule has 4 unspecified atom stereocenters. The van der Waals surface area contributed by atoms with Crippen LogP contribution in [0.3, 0.4) is 0 Å². The van der Waals surface area contributed by atoms with Crippen molar-refractivity contribution in [3.05, 3.63) is 0 Å². The Bertz CT molecular complexity index is 321. The molecule has 4 heteroatoms. The number of hydrogen-bond donors (Lipinski definition) is 1. The minimum Gasteiger partial charge on any atom is -0.164 e. The largest absolute Gasteiger partial charge is 0.164 e. The van der Waals surface area contributed by atoms with Gasteiger partial charge < -0.3 is 0 Å². The van der Waals surface area contributed by atoms with Crippen LogP contribution in [0.5, 0.6) is 0 Å². The van der Waals surface area contributed by atoms with Crippen molar-refractivity contribution in [2.24, 2.45) is 22.2 Å². The van der Waals surface area contributed by atoms with E-state index in [-0.39, 0.29) is 0 Å². The fraction of sp³-hybridized carbons (Fsp3) is 1.00. The lowest BCUT2D eigenvalue weighted by molar-refractivity contribution is -0.247. The van der Waals surface area contributed by atoms with Gasteiger partial charge in [0.25, 0.3) is 0 Å². The first kappa shape index (κ1) is 8.39. The minimum absolute atomic E-state index is 0.488. The van der Waals surface area contributed by atoms with E-state index in [0.717, 1.165) is 11.7 Å². The Balaban J connectivity index is 1.77. The zero-order chi connectivity index (χ0) is 9.60. The van der Waals surface area contributed by atoms with E-state index in [0.29, 0.717) is 22.3 Å². The predicted octanol–water partition coefficient (Wildman–Crippen LogP) is 1.91. The van der Waals surface area contributed by atoms with Gasteiger partial charge in [-0.3, -0.25) is 0 Å². The van der Waals surface area contributed by atoms with Gasteiger partial charge >= 0.3 is 0 Å². The van der Waals surface area contributed by atoms with Crippen LogP contribution >= 0.6 is 12.0 Å². The van der Waals surface area contributed by atoms with E-state index in [1.807, 2.05) is 0 Å². The first-order chi connectivity index (χ1) is 6.68. The molecule has 0 aromatic rings.